The van der Waals surface area contributed by atoms with Crippen molar-refractivity contribution < 1.29 is 5.11 Å². The van der Waals surface area contributed by atoms with Crippen LogP contribution in [0.3, 0.4) is 0 Å². The van der Waals surface area contributed by atoms with Crippen LogP contribution in [0.5, 0.6) is 5.75 Å². The van der Waals surface area contributed by atoms with Crippen LogP contribution >= 0.6 is 0 Å². The average molecular weight is 341 g/mol. The second-order valence-electron chi connectivity index (χ2n) is 6.37. The number of para-hydroxylation sites is 1. The summed E-state index contributed by atoms with van der Waals surface area (Å²) in [6.07, 6.45) is 2.67. The minimum Gasteiger partial charge on any atom is -0.507 e. The van der Waals surface area contributed by atoms with Crippen LogP contribution in [0.1, 0.15) is 5.56 Å². The van der Waals surface area contributed by atoms with E-state index in [2.05, 4.69) is 12.1 Å². The number of hydrogen-bond donors (Lipinski definition) is 1. The van der Waals surface area contributed by atoms with Gasteiger partial charge in [-0.2, -0.15) is 0 Å². The van der Waals surface area contributed by atoms with Crippen LogP contribution in [-0.4, -0.2) is 9.67 Å². The first-order valence-electron chi connectivity index (χ1n) is 8.68. The fourth-order valence-electron chi connectivity index (χ4n) is 3.24. The quantitative estimate of drug-likeness (QED) is 0.589. The molecule has 0 saturated heterocycles. The number of benzene rings is 3. The van der Waals surface area contributed by atoms with Gasteiger partial charge in [0.2, 0.25) is 0 Å². The van der Waals surface area contributed by atoms with Crippen LogP contribution in [0, 0.1) is 0 Å². The van der Waals surface area contributed by atoms with Crippen LogP contribution in [0.2, 0.25) is 0 Å². The van der Waals surface area contributed by atoms with E-state index in [-0.39, 0.29) is 11.3 Å². The number of pyridine rings is 1. The maximum Gasteiger partial charge on any atom is 0.258 e. The average Bonchev–Trinajstić information content (AvgIpc) is 2.68. The molecule has 0 aliphatic carbocycles. The SMILES string of the molecule is O=c1c2ccc(-c3ccccc3O)cc2ccn1CCc1ccccc1. The highest BCUT2D eigenvalue weighted by molar-refractivity contribution is 5.87. The van der Waals surface area contributed by atoms with Crippen molar-refractivity contribution in [1.82, 2.24) is 4.57 Å². The van der Waals surface area contributed by atoms with Crippen molar-refractivity contribution in [2.24, 2.45) is 0 Å². The molecule has 0 spiro atoms. The molecule has 3 aromatic carbocycles. The molecule has 1 N–H and O–H groups in total. The number of phenolic OH excluding ortho intramolecular Hbond substituents is 1. The van der Waals surface area contributed by atoms with Gasteiger partial charge in [-0.05, 0) is 47.2 Å². The predicted molar refractivity (Wildman–Crippen MR) is 105 cm³/mol. The fourth-order valence-corrected chi connectivity index (χ4v) is 3.24. The zero-order chi connectivity index (χ0) is 17.9. The van der Waals surface area contributed by atoms with Gasteiger partial charge in [0.15, 0.2) is 0 Å². The molecular formula is C23H19NO2. The van der Waals surface area contributed by atoms with Crippen molar-refractivity contribution in [3.05, 3.63) is 101 Å². The number of nitrogens with zero attached hydrogens (tertiary/aromatic N) is 1. The lowest BCUT2D eigenvalue weighted by molar-refractivity contribution is 0.477. The summed E-state index contributed by atoms with van der Waals surface area (Å²) >= 11 is 0. The van der Waals surface area contributed by atoms with Gasteiger partial charge in [0, 0.05) is 23.7 Å². The third-order valence-corrected chi connectivity index (χ3v) is 4.68. The summed E-state index contributed by atoms with van der Waals surface area (Å²) in [4.78, 5) is 12.8. The first kappa shape index (κ1) is 16.2. The lowest BCUT2D eigenvalue weighted by Gasteiger charge is -2.09. The zero-order valence-electron chi connectivity index (χ0n) is 14.3. The van der Waals surface area contributed by atoms with Crippen LogP contribution in [0.15, 0.2) is 89.9 Å². The fraction of sp³-hybridized carbons (Fsp3) is 0.0870. The van der Waals surface area contributed by atoms with E-state index >= 15 is 0 Å². The van der Waals surface area contributed by atoms with Crippen LogP contribution in [0.4, 0.5) is 0 Å². The molecule has 3 heteroatoms. The number of aromatic nitrogens is 1. The third-order valence-electron chi connectivity index (χ3n) is 4.68. The third kappa shape index (κ3) is 3.11. The molecule has 0 aliphatic rings. The van der Waals surface area contributed by atoms with Crippen molar-refractivity contribution in [2.75, 3.05) is 0 Å². The summed E-state index contributed by atoms with van der Waals surface area (Å²) in [5.41, 5.74) is 2.90. The van der Waals surface area contributed by atoms with E-state index in [1.807, 2.05) is 60.8 Å². The molecular weight excluding hydrogens is 322 g/mol. The second-order valence-corrected chi connectivity index (χ2v) is 6.37. The minimum atomic E-state index is 0.0160. The molecule has 26 heavy (non-hydrogen) atoms. The zero-order valence-corrected chi connectivity index (χ0v) is 14.3. The molecule has 128 valence electrons. The van der Waals surface area contributed by atoms with Crippen LogP contribution < -0.4 is 5.56 Å². The van der Waals surface area contributed by atoms with Crippen molar-refractivity contribution >= 4 is 10.8 Å². The van der Waals surface area contributed by atoms with Gasteiger partial charge < -0.3 is 9.67 Å². The second kappa shape index (κ2) is 6.89. The van der Waals surface area contributed by atoms with E-state index in [1.54, 1.807) is 16.7 Å². The highest BCUT2D eigenvalue weighted by Crippen LogP contribution is 2.30. The number of aromatic hydroxyl groups is 1. The highest BCUT2D eigenvalue weighted by atomic mass is 16.3. The Morgan fingerprint density at radius 2 is 1.62 bits per heavy atom. The molecule has 0 radical (unpaired) electrons. The summed E-state index contributed by atoms with van der Waals surface area (Å²) in [7, 11) is 0. The summed E-state index contributed by atoms with van der Waals surface area (Å²) < 4.78 is 1.76. The molecule has 4 rings (SSSR count). The Labute approximate surface area is 151 Å². The summed E-state index contributed by atoms with van der Waals surface area (Å²) in [6, 6.07) is 25.0. The van der Waals surface area contributed by atoms with E-state index in [1.165, 1.54) is 5.56 Å². The van der Waals surface area contributed by atoms with Gasteiger partial charge >= 0.3 is 0 Å². The number of hydrogen-bond acceptors (Lipinski definition) is 2. The maximum absolute atomic E-state index is 12.8. The van der Waals surface area contributed by atoms with Crippen molar-refractivity contribution in [3.63, 3.8) is 0 Å². The number of phenols is 1. The normalized spacial score (nSPS) is 10.9. The Morgan fingerprint density at radius 3 is 2.42 bits per heavy atom. The lowest BCUT2D eigenvalue weighted by Crippen LogP contribution is -2.20. The van der Waals surface area contributed by atoms with Crippen molar-refractivity contribution in [3.8, 4) is 16.9 Å². The summed E-state index contributed by atoms with van der Waals surface area (Å²) in [5.74, 6) is 0.239. The molecule has 0 unspecified atom stereocenters. The first-order valence-corrected chi connectivity index (χ1v) is 8.68. The molecule has 1 aromatic heterocycles. The molecule has 1 heterocycles. The molecule has 0 aliphatic heterocycles. The molecule has 0 bridgehead atoms. The van der Waals surface area contributed by atoms with Crippen molar-refractivity contribution in [1.29, 1.82) is 0 Å². The first-order chi connectivity index (χ1) is 12.7. The molecule has 0 atom stereocenters. The Balaban J connectivity index is 1.67. The summed E-state index contributed by atoms with van der Waals surface area (Å²) in [6.45, 7) is 0.653. The van der Waals surface area contributed by atoms with E-state index in [9.17, 15) is 9.90 Å². The number of aryl methyl sites for hydroxylation is 2. The van der Waals surface area contributed by atoms with Gasteiger partial charge in [-0.25, -0.2) is 0 Å². The molecule has 0 fully saturated rings. The predicted octanol–water partition coefficient (Wildman–Crippen LogP) is 4.62. The standard InChI is InChI=1S/C23H19NO2/c25-22-9-5-4-8-20(22)18-10-11-21-19(16-18)13-15-24(23(21)26)14-12-17-6-2-1-3-7-17/h1-11,13,15-16,25H,12,14H2. The van der Waals surface area contributed by atoms with E-state index < -0.39 is 0 Å². The van der Waals surface area contributed by atoms with E-state index in [0.29, 0.717) is 11.9 Å². The largest absolute Gasteiger partial charge is 0.507 e. The number of rotatable bonds is 4. The van der Waals surface area contributed by atoms with Gasteiger partial charge in [0.25, 0.3) is 5.56 Å². The number of fused-ring (bicyclic) bond motifs is 1. The van der Waals surface area contributed by atoms with Gasteiger partial charge in [0.05, 0.1) is 0 Å². The van der Waals surface area contributed by atoms with E-state index in [0.717, 1.165) is 22.9 Å². The molecule has 0 amide bonds. The van der Waals surface area contributed by atoms with E-state index in [4.69, 9.17) is 0 Å². The van der Waals surface area contributed by atoms with Crippen LogP contribution in [0.25, 0.3) is 21.9 Å². The van der Waals surface area contributed by atoms with Gasteiger partial charge in [0.1, 0.15) is 5.75 Å². The Morgan fingerprint density at radius 1 is 0.846 bits per heavy atom. The summed E-state index contributed by atoms with van der Waals surface area (Å²) in [5, 5.41) is 11.6. The van der Waals surface area contributed by atoms with Gasteiger partial charge in [-0.15, -0.1) is 0 Å². The lowest BCUT2D eigenvalue weighted by atomic mass is 10.0. The Kier molecular flexibility index (Phi) is 4.28. The monoisotopic (exact) mass is 341 g/mol. The minimum absolute atomic E-state index is 0.0160. The molecule has 4 aromatic rings. The highest BCUT2D eigenvalue weighted by Gasteiger charge is 2.07. The van der Waals surface area contributed by atoms with Gasteiger partial charge in [-0.3, -0.25) is 4.79 Å². The maximum atomic E-state index is 12.8. The van der Waals surface area contributed by atoms with Gasteiger partial charge in [-0.1, -0.05) is 54.6 Å². The molecule has 3 nitrogen and oxygen atoms in total. The molecule has 0 saturated carbocycles. The van der Waals surface area contributed by atoms with Crippen LogP contribution in [-0.2, 0) is 13.0 Å². The Bertz CT molecular complexity index is 1110. The Hall–Kier alpha value is -3.33. The topological polar surface area (TPSA) is 42.2 Å². The van der Waals surface area contributed by atoms with Crippen molar-refractivity contribution in [2.45, 2.75) is 13.0 Å². The smallest absolute Gasteiger partial charge is 0.258 e.